The van der Waals surface area contributed by atoms with Gasteiger partial charge in [-0.1, -0.05) is 59.4 Å². The van der Waals surface area contributed by atoms with E-state index in [1.807, 2.05) is 44.2 Å². The van der Waals surface area contributed by atoms with Gasteiger partial charge in [0.15, 0.2) is 16.6 Å². The third-order valence-corrected chi connectivity index (χ3v) is 7.25. The smallest absolute Gasteiger partial charge is 0.301 e. The van der Waals surface area contributed by atoms with Crippen molar-refractivity contribution in [2.75, 3.05) is 19.1 Å². The number of ether oxygens (including phenoxy) is 2. The molecule has 0 aliphatic carbocycles. The number of Topliss-reactive ketones (excluding diaryl/α,β-unsaturated/α-hetero) is 1. The van der Waals surface area contributed by atoms with Crippen molar-refractivity contribution in [3.63, 3.8) is 0 Å². The first-order valence-electron chi connectivity index (χ1n) is 11.3. The van der Waals surface area contributed by atoms with Crippen molar-refractivity contribution in [3.8, 4) is 11.5 Å². The summed E-state index contributed by atoms with van der Waals surface area (Å²) in [5, 5.41) is 11.7. The summed E-state index contributed by atoms with van der Waals surface area (Å²) < 4.78 is 12.0. The number of benzene rings is 3. The fourth-order valence-electron chi connectivity index (χ4n) is 4.44. The number of nitrogens with zero attached hydrogens (tertiary/aromatic N) is 2. The van der Waals surface area contributed by atoms with Crippen LogP contribution in [0.3, 0.4) is 0 Å². The number of aliphatic hydroxyl groups is 1. The van der Waals surface area contributed by atoms with Gasteiger partial charge in [0.1, 0.15) is 11.8 Å². The summed E-state index contributed by atoms with van der Waals surface area (Å²) in [7, 11) is 3.01. The van der Waals surface area contributed by atoms with E-state index in [0.29, 0.717) is 27.8 Å². The van der Waals surface area contributed by atoms with Gasteiger partial charge in [0.05, 0.1) is 30.0 Å². The zero-order valence-electron chi connectivity index (χ0n) is 20.2. The lowest BCUT2D eigenvalue weighted by Gasteiger charge is -2.25. The van der Waals surface area contributed by atoms with E-state index in [2.05, 4.69) is 4.98 Å². The highest BCUT2D eigenvalue weighted by molar-refractivity contribution is 7.22. The summed E-state index contributed by atoms with van der Waals surface area (Å²) in [6.45, 7) is 3.91. The van der Waals surface area contributed by atoms with Gasteiger partial charge >= 0.3 is 5.91 Å². The molecular weight excluding hydrogens is 476 g/mol. The van der Waals surface area contributed by atoms with E-state index in [1.165, 1.54) is 30.5 Å². The van der Waals surface area contributed by atoms with Gasteiger partial charge in [0, 0.05) is 11.1 Å². The van der Waals surface area contributed by atoms with E-state index in [-0.39, 0.29) is 11.3 Å². The summed E-state index contributed by atoms with van der Waals surface area (Å²) in [6, 6.07) is 17.2. The van der Waals surface area contributed by atoms with Gasteiger partial charge in [-0.3, -0.25) is 14.5 Å². The van der Waals surface area contributed by atoms with E-state index < -0.39 is 17.7 Å². The largest absolute Gasteiger partial charge is 0.507 e. The van der Waals surface area contributed by atoms with Crippen molar-refractivity contribution in [1.29, 1.82) is 0 Å². The Balaban J connectivity index is 1.79. The number of rotatable bonds is 5. The van der Waals surface area contributed by atoms with Gasteiger partial charge < -0.3 is 14.6 Å². The molecule has 182 valence electrons. The van der Waals surface area contributed by atoms with E-state index in [1.54, 1.807) is 30.3 Å². The van der Waals surface area contributed by atoms with E-state index in [9.17, 15) is 14.7 Å². The summed E-state index contributed by atoms with van der Waals surface area (Å²) >= 11 is 1.31. The lowest BCUT2D eigenvalue weighted by Crippen LogP contribution is -2.29. The lowest BCUT2D eigenvalue weighted by molar-refractivity contribution is -0.132. The molecule has 1 N–H and O–H groups in total. The number of carbonyl (C=O) groups excluding carboxylic acids is 2. The van der Waals surface area contributed by atoms with Crippen LogP contribution in [0, 0.1) is 13.8 Å². The van der Waals surface area contributed by atoms with Crippen LogP contribution < -0.4 is 14.4 Å². The van der Waals surface area contributed by atoms with Gasteiger partial charge in [-0.25, -0.2) is 4.98 Å². The normalized spacial score (nSPS) is 17.1. The molecule has 1 saturated heterocycles. The minimum absolute atomic E-state index is 0.0363. The molecule has 8 heteroatoms. The van der Waals surface area contributed by atoms with Crippen LogP contribution in [0.2, 0.25) is 0 Å². The first-order valence-corrected chi connectivity index (χ1v) is 12.1. The second-order valence-corrected chi connectivity index (χ2v) is 9.59. The second kappa shape index (κ2) is 9.13. The van der Waals surface area contributed by atoms with Crippen LogP contribution in [0.4, 0.5) is 5.13 Å². The Kier molecular flexibility index (Phi) is 5.97. The summed E-state index contributed by atoms with van der Waals surface area (Å²) in [5.74, 6) is -1.02. The van der Waals surface area contributed by atoms with Crippen LogP contribution in [-0.2, 0) is 9.59 Å². The van der Waals surface area contributed by atoms with Gasteiger partial charge in [-0.2, -0.15) is 0 Å². The van der Waals surface area contributed by atoms with Crippen LogP contribution in [0.1, 0.15) is 28.3 Å². The van der Waals surface area contributed by atoms with Gasteiger partial charge in [0.25, 0.3) is 5.78 Å². The molecule has 1 fully saturated rings. The molecule has 7 nitrogen and oxygen atoms in total. The molecular formula is C28H24N2O5S. The Morgan fingerprint density at radius 3 is 2.39 bits per heavy atom. The molecule has 1 amide bonds. The number of anilines is 1. The minimum atomic E-state index is -0.974. The monoisotopic (exact) mass is 500 g/mol. The Hall–Kier alpha value is -4.17. The number of carbonyl (C=O) groups is 2. The number of hydrogen-bond acceptors (Lipinski definition) is 7. The summed E-state index contributed by atoms with van der Waals surface area (Å²) in [4.78, 5) is 33.0. The predicted molar refractivity (Wildman–Crippen MR) is 140 cm³/mol. The first kappa shape index (κ1) is 23.6. The maximum Gasteiger partial charge on any atom is 0.301 e. The van der Waals surface area contributed by atoms with E-state index in [0.717, 1.165) is 21.3 Å². The van der Waals surface area contributed by atoms with E-state index >= 15 is 0 Å². The highest BCUT2D eigenvalue weighted by Crippen LogP contribution is 2.48. The summed E-state index contributed by atoms with van der Waals surface area (Å²) in [5.41, 5.74) is 3.68. The molecule has 1 aliphatic rings. The Bertz CT molecular complexity index is 1540. The summed E-state index contributed by atoms with van der Waals surface area (Å²) in [6.07, 6.45) is 0. The standard InChI is InChI=1S/C28H24N2O5S/c1-15-8-11-17(12-9-15)24(31)22-23(18-6-5-7-20(34-3)26(18)35-4)30(27(33)25(22)32)28-29-19-13-10-16(2)14-21(19)36-28/h5-14,23,31H,1-4H3/t23-/m1/s1. The number of ketones is 1. The third kappa shape index (κ3) is 3.79. The Labute approximate surface area is 212 Å². The molecule has 1 aromatic heterocycles. The van der Waals surface area contributed by atoms with Gasteiger partial charge in [-0.15, -0.1) is 0 Å². The number of amides is 1. The number of para-hydroxylation sites is 1. The quantitative estimate of drug-likeness (QED) is 0.219. The number of hydrogen-bond donors (Lipinski definition) is 1. The molecule has 1 aliphatic heterocycles. The van der Waals surface area contributed by atoms with Crippen molar-refractivity contribution in [3.05, 3.63) is 88.5 Å². The van der Waals surface area contributed by atoms with Crippen molar-refractivity contribution in [1.82, 2.24) is 4.98 Å². The maximum atomic E-state index is 13.5. The van der Waals surface area contributed by atoms with E-state index in [4.69, 9.17) is 9.47 Å². The first-order chi connectivity index (χ1) is 17.3. The van der Waals surface area contributed by atoms with Crippen molar-refractivity contribution < 1.29 is 24.2 Å². The molecule has 2 heterocycles. The zero-order valence-corrected chi connectivity index (χ0v) is 21.1. The number of fused-ring (bicyclic) bond motifs is 1. The molecule has 1 atom stereocenters. The zero-order chi connectivity index (χ0) is 25.6. The Morgan fingerprint density at radius 2 is 1.69 bits per heavy atom. The predicted octanol–water partition coefficient (Wildman–Crippen LogP) is 5.56. The number of aliphatic hydroxyl groups excluding tert-OH is 1. The van der Waals surface area contributed by atoms with Gasteiger partial charge in [-0.05, 0) is 37.6 Å². The average Bonchev–Trinajstić information content (AvgIpc) is 3.40. The van der Waals surface area contributed by atoms with Crippen LogP contribution in [-0.4, -0.2) is 36.0 Å². The van der Waals surface area contributed by atoms with Crippen LogP contribution in [0.5, 0.6) is 11.5 Å². The Morgan fingerprint density at radius 1 is 0.972 bits per heavy atom. The maximum absolute atomic E-state index is 13.5. The highest BCUT2D eigenvalue weighted by atomic mass is 32.1. The van der Waals surface area contributed by atoms with Crippen LogP contribution in [0.15, 0.2) is 66.2 Å². The topological polar surface area (TPSA) is 89.0 Å². The fourth-order valence-corrected chi connectivity index (χ4v) is 5.53. The number of aromatic nitrogens is 1. The molecule has 0 spiro atoms. The van der Waals surface area contributed by atoms with Gasteiger partial charge in [0.2, 0.25) is 0 Å². The molecule has 3 aromatic carbocycles. The molecule has 0 unspecified atom stereocenters. The molecule has 0 saturated carbocycles. The SMILES string of the molecule is COc1cccc([C@@H]2C(=C(O)c3ccc(C)cc3)C(=O)C(=O)N2c2nc3ccc(C)cc3s2)c1OC. The number of aryl methyl sites for hydroxylation is 2. The highest BCUT2D eigenvalue weighted by Gasteiger charge is 2.49. The molecule has 36 heavy (non-hydrogen) atoms. The number of methoxy groups -OCH3 is 2. The number of thiazole rings is 1. The van der Waals surface area contributed by atoms with Crippen molar-refractivity contribution >= 4 is 44.1 Å². The fraction of sp³-hybridized carbons (Fsp3) is 0.179. The van der Waals surface area contributed by atoms with Crippen LogP contribution >= 0.6 is 11.3 Å². The molecule has 0 radical (unpaired) electrons. The minimum Gasteiger partial charge on any atom is -0.507 e. The van der Waals surface area contributed by atoms with Crippen molar-refractivity contribution in [2.45, 2.75) is 19.9 Å². The molecule has 5 rings (SSSR count). The lowest BCUT2D eigenvalue weighted by atomic mass is 9.94. The van der Waals surface area contributed by atoms with Crippen molar-refractivity contribution in [2.24, 2.45) is 0 Å². The average molecular weight is 501 g/mol. The second-order valence-electron chi connectivity index (χ2n) is 8.59. The molecule has 4 aromatic rings. The van der Waals surface area contributed by atoms with Crippen LogP contribution in [0.25, 0.3) is 16.0 Å². The third-order valence-electron chi connectivity index (χ3n) is 6.24. The molecule has 0 bridgehead atoms.